The lowest BCUT2D eigenvalue weighted by Gasteiger charge is -2.29. The molecule has 0 atom stereocenters. The zero-order valence-electron chi connectivity index (χ0n) is 23.0. The van der Waals surface area contributed by atoms with Crippen LogP contribution in [0.15, 0.2) is 53.5 Å². The fraction of sp³-hybridized carbons (Fsp3) is 0.321. The number of halogens is 5. The largest absolute Gasteiger partial charge is 0.480 e. The molecule has 1 amide bonds. The molecule has 0 saturated carbocycles. The third-order valence-corrected chi connectivity index (χ3v) is 6.30. The molecular formula is C28H29F5N4O5. The summed E-state index contributed by atoms with van der Waals surface area (Å²) in [5, 5.41) is 10.4. The van der Waals surface area contributed by atoms with Crippen LogP contribution in [0.4, 0.5) is 39.0 Å². The van der Waals surface area contributed by atoms with E-state index in [2.05, 4.69) is 0 Å². The zero-order valence-corrected chi connectivity index (χ0v) is 23.0. The molecule has 0 bridgehead atoms. The maximum atomic E-state index is 13.9. The van der Waals surface area contributed by atoms with Crippen LogP contribution < -0.4 is 20.7 Å². The van der Waals surface area contributed by atoms with Crippen LogP contribution in [0.5, 0.6) is 0 Å². The number of carbonyl (C=O) groups is 2. The van der Waals surface area contributed by atoms with Crippen LogP contribution in [0.1, 0.15) is 21.5 Å². The van der Waals surface area contributed by atoms with E-state index in [1.54, 1.807) is 23.1 Å². The number of aromatic nitrogens is 1. The van der Waals surface area contributed by atoms with Crippen LogP contribution in [0.25, 0.3) is 0 Å². The van der Waals surface area contributed by atoms with E-state index >= 15 is 0 Å². The summed E-state index contributed by atoms with van der Waals surface area (Å²) in [4.78, 5) is 37.1. The van der Waals surface area contributed by atoms with Gasteiger partial charge in [0.25, 0.3) is 11.5 Å². The second-order valence-electron chi connectivity index (χ2n) is 9.35. The van der Waals surface area contributed by atoms with E-state index in [4.69, 9.17) is 9.84 Å². The van der Waals surface area contributed by atoms with E-state index < -0.39 is 52.9 Å². The van der Waals surface area contributed by atoms with Gasteiger partial charge in [0.2, 0.25) is 0 Å². The van der Waals surface area contributed by atoms with Crippen molar-refractivity contribution in [3.05, 3.63) is 87.3 Å². The van der Waals surface area contributed by atoms with Gasteiger partial charge in [0.1, 0.15) is 29.4 Å². The number of carboxylic acids is 1. The molecule has 1 saturated heterocycles. The number of alkyl halides is 3. The molecule has 4 rings (SSSR count). The number of anilines is 3. The fourth-order valence-corrected chi connectivity index (χ4v) is 4.16. The predicted molar refractivity (Wildman–Crippen MR) is 145 cm³/mol. The van der Waals surface area contributed by atoms with Gasteiger partial charge in [-0.05, 0) is 42.8 Å². The molecule has 2 N–H and O–H groups in total. The number of hydrogen-bond donors (Lipinski definition) is 2. The molecule has 0 spiro atoms. The van der Waals surface area contributed by atoms with Gasteiger partial charge in [0.05, 0.1) is 18.8 Å². The first-order chi connectivity index (χ1) is 19.7. The highest BCUT2D eigenvalue weighted by Crippen LogP contribution is 2.36. The van der Waals surface area contributed by atoms with Gasteiger partial charge < -0.3 is 29.5 Å². The normalized spacial score (nSPS) is 13.2. The summed E-state index contributed by atoms with van der Waals surface area (Å²) in [6.45, 7) is 3.06. The second kappa shape index (κ2) is 13.5. The minimum absolute atomic E-state index is 0.322. The quantitative estimate of drug-likeness (QED) is 0.413. The third kappa shape index (κ3) is 7.84. The molecule has 2 aromatic carbocycles. The topological polar surface area (TPSA) is 104 Å². The number of aryl methyl sites for hydroxylation is 2. The molecule has 1 aliphatic heterocycles. The van der Waals surface area contributed by atoms with Crippen molar-refractivity contribution >= 4 is 28.9 Å². The van der Waals surface area contributed by atoms with Crippen molar-refractivity contribution in [2.45, 2.75) is 13.1 Å². The minimum Gasteiger partial charge on any atom is -0.480 e. The fourth-order valence-electron chi connectivity index (χ4n) is 4.16. The highest BCUT2D eigenvalue weighted by Gasteiger charge is 2.36. The van der Waals surface area contributed by atoms with Gasteiger partial charge in [-0.15, -0.1) is 0 Å². The molecule has 226 valence electrons. The molecule has 0 aliphatic carbocycles. The standard InChI is InChI=1S/C15H15F3N2O.C13H14F2N2O4/c1-10-5-4-6-11(9-10)20(3)13-12(15(16,17)18)7-8-19(2)14(13)21;14-9-5-8(17-1-3-21-4-2-17)6-10(15)12(9)13(20)16-7-11(18)19/h4-9H,1-3H3;5-6H,1-4,7H2,(H,16,20)(H,18,19). The average Bonchev–Trinajstić information content (AvgIpc) is 2.92. The number of pyridine rings is 1. The summed E-state index contributed by atoms with van der Waals surface area (Å²) >= 11 is 0. The smallest absolute Gasteiger partial charge is 0.418 e. The first-order valence-corrected chi connectivity index (χ1v) is 12.6. The van der Waals surface area contributed by atoms with Crippen molar-refractivity contribution in [1.82, 2.24) is 9.88 Å². The number of nitrogens with one attached hydrogen (secondary N) is 1. The summed E-state index contributed by atoms with van der Waals surface area (Å²) in [6.07, 6.45) is -3.46. The number of hydrogen-bond acceptors (Lipinski definition) is 6. The predicted octanol–water partition coefficient (Wildman–Crippen LogP) is 4.10. The monoisotopic (exact) mass is 596 g/mol. The molecule has 14 heteroatoms. The first kappa shape index (κ1) is 32.1. The Bertz CT molecular complexity index is 1480. The highest BCUT2D eigenvalue weighted by molar-refractivity contribution is 5.96. The Morgan fingerprint density at radius 3 is 2.24 bits per heavy atom. The number of carbonyl (C=O) groups excluding carboxylic acids is 1. The van der Waals surface area contributed by atoms with Crippen LogP contribution in [-0.2, 0) is 22.8 Å². The molecule has 9 nitrogen and oxygen atoms in total. The number of amides is 1. The number of morpholine rings is 1. The van der Waals surface area contributed by atoms with Crippen LogP contribution in [-0.4, -0.2) is 61.4 Å². The Morgan fingerprint density at radius 2 is 1.69 bits per heavy atom. The second-order valence-corrected chi connectivity index (χ2v) is 9.35. The minimum atomic E-state index is -4.58. The van der Waals surface area contributed by atoms with Gasteiger partial charge in [-0.3, -0.25) is 14.4 Å². The van der Waals surface area contributed by atoms with Gasteiger partial charge in [0.15, 0.2) is 0 Å². The Hall–Kier alpha value is -4.46. The van der Waals surface area contributed by atoms with Crippen LogP contribution in [0.2, 0.25) is 0 Å². The number of carboxylic acid groups (broad SMARTS) is 1. The van der Waals surface area contributed by atoms with E-state index in [1.165, 1.54) is 19.0 Å². The number of ether oxygens (including phenoxy) is 1. The molecule has 1 fully saturated rings. The number of rotatable bonds is 6. The van der Waals surface area contributed by atoms with Gasteiger partial charge in [-0.25, -0.2) is 8.78 Å². The van der Waals surface area contributed by atoms with E-state index in [1.807, 2.05) is 18.3 Å². The Balaban J connectivity index is 0.000000230. The van der Waals surface area contributed by atoms with Gasteiger partial charge in [-0.2, -0.15) is 13.2 Å². The molecule has 0 unspecified atom stereocenters. The lowest BCUT2D eigenvalue weighted by atomic mass is 10.1. The average molecular weight is 597 g/mol. The molecular weight excluding hydrogens is 567 g/mol. The van der Waals surface area contributed by atoms with Crippen molar-refractivity contribution in [2.24, 2.45) is 7.05 Å². The van der Waals surface area contributed by atoms with Crippen molar-refractivity contribution in [3.63, 3.8) is 0 Å². The molecule has 42 heavy (non-hydrogen) atoms. The maximum absolute atomic E-state index is 13.9. The van der Waals surface area contributed by atoms with E-state index in [-0.39, 0.29) is 5.69 Å². The van der Waals surface area contributed by atoms with Crippen LogP contribution >= 0.6 is 0 Å². The third-order valence-electron chi connectivity index (χ3n) is 6.30. The molecule has 2 heterocycles. The van der Waals surface area contributed by atoms with E-state index in [9.17, 15) is 36.3 Å². The number of aliphatic carboxylic acids is 1. The SMILES string of the molecule is Cc1cccc(N(C)c2c(C(F)(F)F)ccn(C)c2=O)c1.O=C(O)CNC(=O)c1c(F)cc(N2CCOCC2)cc1F. The van der Waals surface area contributed by atoms with Crippen LogP contribution in [0, 0.1) is 18.6 Å². The van der Waals surface area contributed by atoms with E-state index in [0.29, 0.717) is 37.7 Å². The van der Waals surface area contributed by atoms with Gasteiger partial charge in [-0.1, -0.05) is 12.1 Å². The first-order valence-electron chi connectivity index (χ1n) is 12.6. The van der Waals surface area contributed by atoms with Crippen molar-refractivity contribution in [2.75, 3.05) is 49.7 Å². The molecule has 0 radical (unpaired) electrons. The molecule has 1 aliphatic rings. The Kier molecular flexibility index (Phi) is 10.3. The van der Waals surface area contributed by atoms with Crippen molar-refractivity contribution in [3.8, 4) is 0 Å². The zero-order chi connectivity index (χ0) is 31.2. The summed E-state index contributed by atoms with van der Waals surface area (Å²) in [5.41, 5.74) is -1.03. The summed E-state index contributed by atoms with van der Waals surface area (Å²) in [7, 11) is 2.89. The summed E-state index contributed by atoms with van der Waals surface area (Å²) in [5.74, 6) is -4.45. The summed E-state index contributed by atoms with van der Waals surface area (Å²) < 4.78 is 73.6. The maximum Gasteiger partial charge on any atom is 0.418 e. The highest BCUT2D eigenvalue weighted by atomic mass is 19.4. The van der Waals surface area contributed by atoms with Crippen molar-refractivity contribution in [1.29, 1.82) is 0 Å². The summed E-state index contributed by atoms with van der Waals surface area (Å²) in [6, 6.07) is 10.0. The Labute approximate surface area is 237 Å². The van der Waals surface area contributed by atoms with Crippen molar-refractivity contribution < 1.29 is 41.4 Å². The number of benzene rings is 2. The Morgan fingerprint density at radius 1 is 1.07 bits per heavy atom. The van der Waals surface area contributed by atoms with E-state index in [0.717, 1.165) is 34.5 Å². The molecule has 1 aromatic heterocycles. The lowest BCUT2D eigenvalue weighted by molar-refractivity contribution is -0.137. The number of nitrogens with zero attached hydrogens (tertiary/aromatic N) is 3. The van der Waals surface area contributed by atoms with Gasteiger partial charge >= 0.3 is 12.1 Å². The lowest BCUT2D eigenvalue weighted by Crippen LogP contribution is -2.36. The molecule has 3 aromatic rings. The van der Waals surface area contributed by atoms with Gasteiger partial charge in [0, 0.05) is 44.8 Å². The van der Waals surface area contributed by atoms with Crippen LogP contribution in [0.3, 0.4) is 0 Å².